The Morgan fingerprint density at radius 2 is 2.15 bits per heavy atom. The molecule has 5 heterocycles. The summed E-state index contributed by atoms with van der Waals surface area (Å²) in [5, 5.41) is 14.1. The number of carbonyl (C=O) groups is 1. The zero-order valence-corrected chi connectivity index (χ0v) is 19.5. The van der Waals surface area contributed by atoms with Crippen LogP contribution in [0.15, 0.2) is 54.4 Å². The van der Waals surface area contributed by atoms with E-state index in [0.29, 0.717) is 0 Å². The summed E-state index contributed by atoms with van der Waals surface area (Å²) in [6, 6.07) is 5.97. The number of nitrogens with zero attached hydrogens (tertiary/aromatic N) is 2. The standard InChI is InChI=1S/C26H25N5OS/c1-4-21-19(11-15(2)17-7-9-27-10-8-17)26(31-30-21)22-12-18-20(13-28-14-23(18)29-22)25-6-5-24(33-25)16(3)32/h4-7,11-14,27,29-30H,2,8-10H2,1,3H3/b19-11+,21-4+. The first-order valence-electron chi connectivity index (χ1n) is 10.9. The average molecular weight is 456 g/mol. The third-order valence-electron chi connectivity index (χ3n) is 5.94. The number of hydrogen-bond acceptors (Lipinski definition) is 5. The molecule has 6 nitrogen and oxygen atoms in total. The van der Waals surface area contributed by atoms with Crippen molar-refractivity contribution in [3.8, 4) is 21.8 Å². The lowest BCUT2D eigenvalue weighted by Gasteiger charge is -2.13. The molecule has 33 heavy (non-hydrogen) atoms. The van der Waals surface area contributed by atoms with Gasteiger partial charge in [0.25, 0.3) is 0 Å². The summed E-state index contributed by atoms with van der Waals surface area (Å²) in [5.74, 6) is 0.0743. The molecule has 0 spiro atoms. The predicted molar refractivity (Wildman–Crippen MR) is 136 cm³/mol. The second kappa shape index (κ2) is 8.77. The fraction of sp³-hybridized carbons (Fsp3) is 0.192. The lowest BCUT2D eigenvalue weighted by Crippen LogP contribution is -2.25. The summed E-state index contributed by atoms with van der Waals surface area (Å²) >= 11 is 1.49. The highest BCUT2D eigenvalue weighted by atomic mass is 32.1. The summed E-state index contributed by atoms with van der Waals surface area (Å²) in [7, 11) is 0. The highest BCUT2D eigenvalue weighted by Gasteiger charge is 2.15. The van der Waals surface area contributed by atoms with Gasteiger partial charge in [0.15, 0.2) is 5.78 Å². The number of Topliss-reactive ketones (excluding diaryl/α,β-unsaturated/α-hetero) is 1. The molecule has 0 saturated heterocycles. The molecule has 5 rings (SSSR count). The van der Waals surface area contributed by atoms with Gasteiger partial charge in [-0.3, -0.25) is 14.9 Å². The van der Waals surface area contributed by atoms with Crippen LogP contribution in [0, 0.1) is 0 Å². The van der Waals surface area contributed by atoms with E-state index >= 15 is 0 Å². The van der Waals surface area contributed by atoms with Crippen LogP contribution in [0.2, 0.25) is 0 Å². The molecule has 0 amide bonds. The number of ketones is 1. The van der Waals surface area contributed by atoms with Crippen molar-refractivity contribution in [2.24, 2.45) is 0 Å². The van der Waals surface area contributed by atoms with Crippen LogP contribution in [0.5, 0.6) is 0 Å². The Bertz CT molecular complexity index is 1530. The van der Waals surface area contributed by atoms with E-state index in [1.54, 1.807) is 6.92 Å². The minimum atomic E-state index is 0.0743. The first-order valence-corrected chi connectivity index (χ1v) is 11.8. The first-order chi connectivity index (χ1) is 16.0. The molecule has 166 valence electrons. The highest BCUT2D eigenvalue weighted by molar-refractivity contribution is 7.17. The van der Waals surface area contributed by atoms with Crippen LogP contribution in [0.1, 0.15) is 29.9 Å². The van der Waals surface area contributed by atoms with Crippen LogP contribution in [-0.2, 0) is 0 Å². The smallest absolute Gasteiger partial charge is 0.169 e. The monoisotopic (exact) mass is 455 g/mol. The van der Waals surface area contributed by atoms with Gasteiger partial charge in [-0.1, -0.05) is 18.7 Å². The molecule has 4 aromatic heterocycles. The number of aromatic amines is 2. The second-order valence-electron chi connectivity index (χ2n) is 8.09. The Hall–Kier alpha value is -3.55. The van der Waals surface area contributed by atoms with Crippen molar-refractivity contribution in [1.82, 2.24) is 25.5 Å². The summed E-state index contributed by atoms with van der Waals surface area (Å²) in [5.41, 5.74) is 5.96. The Morgan fingerprint density at radius 3 is 2.88 bits per heavy atom. The third-order valence-corrected chi connectivity index (χ3v) is 7.16. The summed E-state index contributed by atoms with van der Waals surface area (Å²) in [6.07, 6.45) is 11.0. The fourth-order valence-electron chi connectivity index (χ4n) is 4.16. The third kappa shape index (κ3) is 4.01. The summed E-state index contributed by atoms with van der Waals surface area (Å²) in [4.78, 5) is 21.4. The van der Waals surface area contributed by atoms with Gasteiger partial charge < -0.3 is 10.3 Å². The highest BCUT2D eigenvalue weighted by Crippen LogP contribution is 2.34. The Kier molecular flexibility index (Phi) is 5.66. The number of nitrogens with one attached hydrogen (secondary N) is 3. The normalized spacial score (nSPS) is 15.3. The van der Waals surface area contributed by atoms with Crippen molar-refractivity contribution >= 4 is 40.2 Å². The fourth-order valence-corrected chi connectivity index (χ4v) is 5.09. The van der Waals surface area contributed by atoms with Crippen molar-refractivity contribution < 1.29 is 4.79 Å². The van der Waals surface area contributed by atoms with Gasteiger partial charge in [0.05, 0.1) is 27.6 Å². The maximum atomic E-state index is 11.8. The van der Waals surface area contributed by atoms with E-state index in [0.717, 1.165) is 73.3 Å². The minimum absolute atomic E-state index is 0.0743. The van der Waals surface area contributed by atoms with Crippen molar-refractivity contribution in [1.29, 1.82) is 0 Å². The van der Waals surface area contributed by atoms with E-state index < -0.39 is 0 Å². The molecule has 1 aliphatic heterocycles. The molecule has 0 atom stereocenters. The van der Waals surface area contributed by atoms with Crippen LogP contribution < -0.4 is 15.9 Å². The first kappa shape index (κ1) is 21.3. The number of pyridine rings is 1. The zero-order valence-electron chi connectivity index (χ0n) is 18.7. The molecular weight excluding hydrogens is 430 g/mol. The van der Waals surface area contributed by atoms with E-state index in [1.807, 2.05) is 37.5 Å². The van der Waals surface area contributed by atoms with Crippen molar-refractivity contribution in [3.63, 3.8) is 0 Å². The van der Waals surface area contributed by atoms with E-state index in [4.69, 9.17) is 0 Å². The molecule has 7 heteroatoms. The maximum Gasteiger partial charge on any atom is 0.169 e. The molecule has 0 fully saturated rings. The quantitative estimate of drug-likeness (QED) is 0.398. The van der Waals surface area contributed by atoms with Crippen LogP contribution in [0.25, 0.3) is 44.9 Å². The maximum absolute atomic E-state index is 11.8. The van der Waals surface area contributed by atoms with Gasteiger partial charge in [0, 0.05) is 33.8 Å². The molecule has 0 aliphatic carbocycles. The number of H-pyrrole nitrogens is 2. The number of thiophene rings is 1. The van der Waals surface area contributed by atoms with Crippen LogP contribution in [-0.4, -0.2) is 39.0 Å². The van der Waals surface area contributed by atoms with Crippen molar-refractivity contribution in [2.75, 3.05) is 13.1 Å². The zero-order chi connectivity index (χ0) is 22.9. The predicted octanol–water partition coefficient (Wildman–Crippen LogP) is 3.94. The Balaban J connectivity index is 1.63. The summed E-state index contributed by atoms with van der Waals surface area (Å²) in [6.45, 7) is 9.75. The van der Waals surface area contributed by atoms with Gasteiger partial charge in [-0.05, 0) is 62.2 Å². The van der Waals surface area contributed by atoms with Crippen molar-refractivity contribution in [3.05, 3.63) is 69.8 Å². The summed E-state index contributed by atoms with van der Waals surface area (Å²) < 4.78 is 0. The van der Waals surface area contributed by atoms with Gasteiger partial charge in [-0.2, -0.15) is 5.10 Å². The number of aromatic nitrogens is 4. The van der Waals surface area contributed by atoms with Crippen LogP contribution in [0.4, 0.5) is 0 Å². The Labute approximate surface area is 195 Å². The average Bonchev–Trinajstić information content (AvgIpc) is 3.57. The molecule has 4 aromatic rings. The SMILES string of the molecule is C=C(/C=c1/c(-c2cc3c(-c4ccc(C(C)=O)s4)cncc3[nH]2)n[nH]/c1=C/C)C1=CCNCC1. The van der Waals surface area contributed by atoms with Gasteiger partial charge in [-0.15, -0.1) is 11.3 Å². The van der Waals surface area contributed by atoms with Crippen LogP contribution >= 0.6 is 11.3 Å². The van der Waals surface area contributed by atoms with Gasteiger partial charge in [0.2, 0.25) is 0 Å². The molecule has 0 saturated carbocycles. The van der Waals surface area contributed by atoms with E-state index in [-0.39, 0.29) is 5.78 Å². The molecule has 3 N–H and O–H groups in total. The van der Waals surface area contributed by atoms with Gasteiger partial charge >= 0.3 is 0 Å². The topological polar surface area (TPSA) is 86.5 Å². The number of allylic oxidation sites excluding steroid dienone is 1. The number of carbonyl (C=O) groups excluding carboxylic acids is 1. The number of fused-ring (bicyclic) bond motifs is 1. The van der Waals surface area contributed by atoms with Crippen molar-refractivity contribution in [2.45, 2.75) is 20.3 Å². The molecule has 1 aliphatic rings. The van der Waals surface area contributed by atoms with E-state index in [9.17, 15) is 4.79 Å². The van der Waals surface area contributed by atoms with E-state index in [2.05, 4.69) is 50.3 Å². The largest absolute Gasteiger partial charge is 0.352 e. The number of rotatable bonds is 5. The van der Waals surface area contributed by atoms with Crippen LogP contribution in [0.3, 0.4) is 0 Å². The van der Waals surface area contributed by atoms with E-state index in [1.165, 1.54) is 16.9 Å². The molecule has 0 unspecified atom stereocenters. The molecule has 0 radical (unpaired) electrons. The Morgan fingerprint density at radius 1 is 1.27 bits per heavy atom. The van der Waals surface area contributed by atoms with Gasteiger partial charge in [0.1, 0.15) is 5.69 Å². The lowest BCUT2D eigenvalue weighted by atomic mass is 10.00. The molecule has 0 bridgehead atoms. The second-order valence-corrected chi connectivity index (χ2v) is 9.18. The lowest BCUT2D eigenvalue weighted by molar-refractivity contribution is 0.102. The number of hydrogen-bond donors (Lipinski definition) is 3. The molecule has 0 aromatic carbocycles. The molecular formula is C26H25N5OS. The van der Waals surface area contributed by atoms with Gasteiger partial charge in [-0.25, -0.2) is 0 Å². The minimum Gasteiger partial charge on any atom is -0.352 e.